The molecule has 0 unspecified atom stereocenters. The van der Waals surface area contributed by atoms with E-state index in [2.05, 4.69) is 0 Å². The second kappa shape index (κ2) is 7.67. The van der Waals surface area contributed by atoms with Crippen LogP contribution in [0.3, 0.4) is 0 Å². The molecule has 32 heavy (non-hydrogen) atoms. The summed E-state index contributed by atoms with van der Waals surface area (Å²) in [6, 6.07) is 21.8. The van der Waals surface area contributed by atoms with Crippen LogP contribution in [-0.4, -0.2) is 5.97 Å². The molecule has 0 N–H and O–H groups in total. The van der Waals surface area contributed by atoms with E-state index < -0.39 is 17.2 Å². The van der Waals surface area contributed by atoms with Gasteiger partial charge in [-0.3, -0.25) is 0 Å². The molecule has 0 atom stereocenters. The maximum Gasteiger partial charge on any atom is 0.344 e. The normalized spacial score (nSPS) is 11.0. The molecule has 6 nitrogen and oxygen atoms in total. The third-order valence-corrected chi connectivity index (χ3v) is 5.22. The van der Waals surface area contributed by atoms with Gasteiger partial charge in [0.05, 0.1) is 11.1 Å². The zero-order valence-electron chi connectivity index (χ0n) is 17.0. The van der Waals surface area contributed by atoms with Crippen molar-refractivity contribution in [1.82, 2.24) is 0 Å². The Morgan fingerprint density at radius 3 is 2.41 bits per heavy atom. The van der Waals surface area contributed by atoms with Gasteiger partial charge in [-0.25, -0.2) is 14.4 Å². The lowest BCUT2D eigenvalue weighted by Crippen LogP contribution is -2.10. The number of fused-ring (bicyclic) bond motifs is 2. The lowest BCUT2D eigenvalue weighted by atomic mass is 10.0. The van der Waals surface area contributed by atoms with Crippen molar-refractivity contribution < 1.29 is 18.4 Å². The SMILES string of the molecule is Cc1ccccc1C(=O)Oc1ccc2c(-c3cc4ccccc4oc3=O)cc(=O)oc2c1. The first-order chi connectivity index (χ1) is 15.5. The van der Waals surface area contributed by atoms with Crippen molar-refractivity contribution in [3.63, 3.8) is 0 Å². The summed E-state index contributed by atoms with van der Waals surface area (Å²) in [5, 5.41) is 1.25. The first kappa shape index (κ1) is 19.5. The van der Waals surface area contributed by atoms with Gasteiger partial charge in [0.25, 0.3) is 0 Å². The fraction of sp³-hybridized carbons (Fsp3) is 0.0385. The number of hydrogen-bond donors (Lipinski definition) is 0. The Balaban J connectivity index is 1.60. The smallest absolute Gasteiger partial charge is 0.344 e. The molecule has 5 rings (SSSR count). The van der Waals surface area contributed by atoms with Crippen molar-refractivity contribution in [1.29, 1.82) is 0 Å². The van der Waals surface area contributed by atoms with Crippen molar-refractivity contribution >= 4 is 27.9 Å². The van der Waals surface area contributed by atoms with Crippen LogP contribution in [0.1, 0.15) is 15.9 Å². The number of esters is 1. The van der Waals surface area contributed by atoms with Crippen LogP contribution in [-0.2, 0) is 0 Å². The number of carbonyl (C=O) groups excluding carboxylic acids is 1. The molecule has 5 aromatic rings. The van der Waals surface area contributed by atoms with Crippen LogP contribution < -0.4 is 16.0 Å². The van der Waals surface area contributed by atoms with Gasteiger partial charge in [-0.2, -0.15) is 0 Å². The molecule has 0 bridgehead atoms. The molecule has 0 spiro atoms. The molecule has 156 valence electrons. The van der Waals surface area contributed by atoms with Crippen molar-refractivity contribution in [2.45, 2.75) is 6.92 Å². The number of hydrogen-bond acceptors (Lipinski definition) is 6. The first-order valence-corrected chi connectivity index (χ1v) is 9.88. The Morgan fingerprint density at radius 2 is 1.56 bits per heavy atom. The van der Waals surface area contributed by atoms with Gasteiger partial charge < -0.3 is 13.6 Å². The minimum atomic E-state index is -0.637. The summed E-state index contributed by atoms with van der Waals surface area (Å²) in [6.45, 7) is 1.82. The quantitative estimate of drug-likeness (QED) is 0.228. The molecule has 0 fully saturated rings. The van der Waals surface area contributed by atoms with Crippen LogP contribution in [0, 0.1) is 6.92 Å². The highest BCUT2D eigenvalue weighted by atomic mass is 16.5. The van der Waals surface area contributed by atoms with Crippen molar-refractivity contribution in [2.75, 3.05) is 0 Å². The summed E-state index contributed by atoms with van der Waals surface area (Å²) < 4.78 is 16.2. The summed E-state index contributed by atoms with van der Waals surface area (Å²) in [5.41, 5.74) is 1.30. The van der Waals surface area contributed by atoms with Crippen LogP contribution in [0.4, 0.5) is 0 Å². The summed E-state index contributed by atoms with van der Waals surface area (Å²) in [7, 11) is 0. The lowest BCUT2D eigenvalue weighted by molar-refractivity contribution is 0.0734. The third-order valence-electron chi connectivity index (χ3n) is 5.22. The number of para-hydroxylation sites is 1. The fourth-order valence-corrected chi connectivity index (χ4v) is 3.64. The molecular formula is C26H16O6. The van der Waals surface area contributed by atoms with Crippen LogP contribution >= 0.6 is 0 Å². The zero-order valence-corrected chi connectivity index (χ0v) is 17.0. The van der Waals surface area contributed by atoms with Crippen molar-refractivity contribution in [2.24, 2.45) is 0 Å². The maximum atomic E-state index is 12.6. The van der Waals surface area contributed by atoms with Gasteiger partial charge >= 0.3 is 17.2 Å². The van der Waals surface area contributed by atoms with Gasteiger partial charge in [-0.15, -0.1) is 0 Å². The van der Waals surface area contributed by atoms with Gasteiger partial charge in [-0.05, 0) is 42.8 Å². The van der Waals surface area contributed by atoms with E-state index in [4.69, 9.17) is 13.6 Å². The fourth-order valence-electron chi connectivity index (χ4n) is 3.64. The van der Waals surface area contributed by atoms with E-state index in [0.29, 0.717) is 22.1 Å². The highest BCUT2D eigenvalue weighted by Gasteiger charge is 2.16. The molecule has 0 saturated heterocycles. The highest BCUT2D eigenvalue weighted by molar-refractivity contribution is 5.96. The van der Waals surface area contributed by atoms with E-state index in [0.717, 1.165) is 10.9 Å². The monoisotopic (exact) mass is 424 g/mol. The maximum absolute atomic E-state index is 12.6. The summed E-state index contributed by atoms with van der Waals surface area (Å²) >= 11 is 0. The van der Waals surface area contributed by atoms with Gasteiger partial charge in [0.15, 0.2) is 0 Å². The Bertz CT molecular complexity index is 1620. The summed E-state index contributed by atoms with van der Waals surface area (Å²) in [6.07, 6.45) is 0. The van der Waals surface area contributed by atoms with Crippen LogP contribution in [0.2, 0.25) is 0 Å². The molecule has 0 aliphatic carbocycles. The van der Waals surface area contributed by atoms with E-state index in [9.17, 15) is 14.4 Å². The number of ether oxygens (including phenoxy) is 1. The molecule has 3 aromatic carbocycles. The first-order valence-electron chi connectivity index (χ1n) is 9.88. The number of carbonyl (C=O) groups is 1. The average Bonchev–Trinajstić information content (AvgIpc) is 2.78. The van der Waals surface area contributed by atoms with Crippen LogP contribution in [0.25, 0.3) is 33.1 Å². The lowest BCUT2D eigenvalue weighted by Gasteiger charge is -2.09. The largest absolute Gasteiger partial charge is 0.423 e. The zero-order chi connectivity index (χ0) is 22.2. The minimum Gasteiger partial charge on any atom is -0.423 e. The summed E-state index contributed by atoms with van der Waals surface area (Å²) in [4.78, 5) is 37.4. The second-order valence-corrected chi connectivity index (χ2v) is 7.33. The Kier molecular flexibility index (Phi) is 4.67. The summed E-state index contributed by atoms with van der Waals surface area (Å²) in [5.74, 6) is -0.298. The predicted octanol–water partition coefficient (Wildman–Crippen LogP) is 5.09. The molecule has 0 amide bonds. The Morgan fingerprint density at radius 1 is 0.781 bits per heavy atom. The topological polar surface area (TPSA) is 86.7 Å². The number of aryl methyl sites for hydroxylation is 1. The van der Waals surface area contributed by atoms with Crippen molar-refractivity contribution in [3.05, 3.63) is 111 Å². The molecule has 2 heterocycles. The molecule has 0 aliphatic rings. The number of benzene rings is 3. The average molecular weight is 424 g/mol. The van der Waals surface area contributed by atoms with E-state index >= 15 is 0 Å². The van der Waals surface area contributed by atoms with E-state index in [1.54, 1.807) is 42.5 Å². The van der Waals surface area contributed by atoms with Gasteiger partial charge in [0, 0.05) is 28.5 Å². The molecule has 6 heteroatoms. The van der Waals surface area contributed by atoms with E-state index in [1.807, 2.05) is 31.2 Å². The number of rotatable bonds is 3. The second-order valence-electron chi connectivity index (χ2n) is 7.33. The minimum absolute atomic E-state index is 0.190. The van der Waals surface area contributed by atoms with Gasteiger partial charge in [0.2, 0.25) is 0 Å². The van der Waals surface area contributed by atoms with Gasteiger partial charge in [0.1, 0.15) is 16.9 Å². The Labute approximate surface area is 181 Å². The van der Waals surface area contributed by atoms with Crippen LogP contribution in [0.5, 0.6) is 5.75 Å². The molecule has 0 saturated carbocycles. The standard InChI is InChI=1S/C26H16O6/c1-15-6-2-4-8-18(15)25(28)30-17-10-11-19-20(14-24(27)31-23(19)13-17)21-12-16-7-3-5-9-22(16)32-26(21)29/h2-14H,1H3. The molecule has 0 radical (unpaired) electrons. The highest BCUT2D eigenvalue weighted by Crippen LogP contribution is 2.30. The molecular weight excluding hydrogens is 408 g/mol. The van der Waals surface area contributed by atoms with E-state index in [1.165, 1.54) is 12.1 Å². The van der Waals surface area contributed by atoms with E-state index in [-0.39, 0.29) is 16.9 Å². The van der Waals surface area contributed by atoms with Gasteiger partial charge in [-0.1, -0.05) is 36.4 Å². The predicted molar refractivity (Wildman–Crippen MR) is 120 cm³/mol. The Hall–Kier alpha value is -4.45. The van der Waals surface area contributed by atoms with Crippen LogP contribution in [0.15, 0.2) is 97.3 Å². The molecule has 0 aliphatic heterocycles. The van der Waals surface area contributed by atoms with Crippen molar-refractivity contribution in [3.8, 4) is 16.9 Å². The molecule has 2 aromatic heterocycles. The third kappa shape index (κ3) is 3.48.